The van der Waals surface area contributed by atoms with Crippen LogP contribution in [-0.2, 0) is 20.7 Å². The number of ether oxygens (including phenoxy) is 2. The Kier molecular flexibility index (Phi) is 8.72. The molecule has 2 atom stereocenters. The number of carbonyl (C=O) groups is 3. The van der Waals surface area contributed by atoms with Crippen LogP contribution in [0.25, 0.3) is 0 Å². The second kappa shape index (κ2) is 12.2. The van der Waals surface area contributed by atoms with Gasteiger partial charge in [0.25, 0.3) is 5.91 Å². The maximum atomic E-state index is 14.4. The van der Waals surface area contributed by atoms with Gasteiger partial charge in [-0.15, -0.1) is 0 Å². The van der Waals surface area contributed by atoms with Crippen LogP contribution in [0.15, 0.2) is 72.8 Å². The van der Waals surface area contributed by atoms with Crippen LogP contribution in [0.1, 0.15) is 17.2 Å². The fourth-order valence-electron chi connectivity index (χ4n) is 3.96. The SMILES string of the molecule is COCCOc1ccc([C@H]2NC(=O)N(C(Cc3ccccc3)C(=O)Nc3ccc(I)cc3F)C2=O)cc1. The highest BCUT2D eigenvalue weighted by molar-refractivity contribution is 14.1. The molecular weight excluding hydrogens is 592 g/mol. The summed E-state index contributed by atoms with van der Waals surface area (Å²) in [6.45, 7) is 0.811. The smallest absolute Gasteiger partial charge is 0.325 e. The first-order chi connectivity index (χ1) is 17.9. The number of hydrogen-bond acceptors (Lipinski definition) is 5. The maximum Gasteiger partial charge on any atom is 0.325 e. The monoisotopic (exact) mass is 617 g/mol. The fraction of sp³-hybridized carbons (Fsp3) is 0.222. The van der Waals surface area contributed by atoms with Gasteiger partial charge in [-0.1, -0.05) is 42.5 Å². The van der Waals surface area contributed by atoms with Crippen molar-refractivity contribution < 1.29 is 28.2 Å². The zero-order valence-corrected chi connectivity index (χ0v) is 22.1. The highest BCUT2D eigenvalue weighted by atomic mass is 127. The number of urea groups is 1. The molecular formula is C27H25FIN3O5. The molecule has 3 aromatic rings. The summed E-state index contributed by atoms with van der Waals surface area (Å²) >= 11 is 1.97. The van der Waals surface area contributed by atoms with Crippen LogP contribution < -0.4 is 15.4 Å². The van der Waals surface area contributed by atoms with Crippen LogP contribution >= 0.6 is 22.6 Å². The third kappa shape index (κ3) is 6.44. The highest BCUT2D eigenvalue weighted by Crippen LogP contribution is 2.27. The lowest BCUT2D eigenvalue weighted by Crippen LogP contribution is -2.49. The minimum atomic E-state index is -1.20. The van der Waals surface area contributed by atoms with E-state index in [0.29, 0.717) is 28.1 Å². The second-order valence-corrected chi connectivity index (χ2v) is 9.57. The molecule has 1 saturated heterocycles. The lowest BCUT2D eigenvalue weighted by Gasteiger charge is -2.25. The zero-order chi connectivity index (χ0) is 26.4. The van der Waals surface area contributed by atoms with E-state index in [2.05, 4.69) is 10.6 Å². The van der Waals surface area contributed by atoms with Crippen molar-refractivity contribution >= 4 is 46.1 Å². The molecule has 0 bridgehead atoms. The molecule has 0 spiro atoms. The maximum absolute atomic E-state index is 14.4. The van der Waals surface area contributed by atoms with Crippen LogP contribution in [-0.4, -0.2) is 49.1 Å². The standard InChI is InChI=1S/C27H25FIN3O5/c1-36-13-14-37-20-10-7-18(8-11-20)24-26(34)32(27(35)31-24)23(15-17-5-3-2-4-6-17)25(33)30-22-12-9-19(29)16-21(22)28/h2-12,16,23-24H,13-15H2,1H3,(H,30,33)(H,31,35)/t23?,24-/m1/s1. The Morgan fingerprint density at radius 2 is 1.81 bits per heavy atom. The second-order valence-electron chi connectivity index (χ2n) is 8.32. The predicted octanol–water partition coefficient (Wildman–Crippen LogP) is 4.30. The first-order valence-electron chi connectivity index (χ1n) is 11.5. The van der Waals surface area contributed by atoms with E-state index in [9.17, 15) is 18.8 Å². The number of halogens is 2. The number of anilines is 1. The zero-order valence-electron chi connectivity index (χ0n) is 19.9. The quantitative estimate of drug-likeness (QED) is 0.201. The van der Waals surface area contributed by atoms with Crippen molar-refractivity contribution in [2.24, 2.45) is 0 Å². The average Bonchev–Trinajstić information content (AvgIpc) is 3.19. The molecule has 0 saturated carbocycles. The number of methoxy groups -OCH3 is 1. The fourth-order valence-corrected chi connectivity index (χ4v) is 4.41. The summed E-state index contributed by atoms with van der Waals surface area (Å²) in [5.74, 6) is -1.26. The Balaban J connectivity index is 1.57. The molecule has 0 radical (unpaired) electrons. The number of imide groups is 1. The molecule has 3 aromatic carbocycles. The Morgan fingerprint density at radius 3 is 2.49 bits per heavy atom. The summed E-state index contributed by atoms with van der Waals surface area (Å²) in [7, 11) is 1.58. The first kappa shape index (κ1) is 26.6. The van der Waals surface area contributed by atoms with Crippen molar-refractivity contribution in [1.82, 2.24) is 10.2 Å². The summed E-state index contributed by atoms with van der Waals surface area (Å²) in [6, 6.07) is 17.3. The van der Waals surface area contributed by atoms with E-state index in [4.69, 9.17) is 9.47 Å². The van der Waals surface area contributed by atoms with Gasteiger partial charge in [0, 0.05) is 17.1 Å². The third-order valence-electron chi connectivity index (χ3n) is 5.82. The Morgan fingerprint density at radius 1 is 1.08 bits per heavy atom. The molecule has 10 heteroatoms. The lowest BCUT2D eigenvalue weighted by molar-refractivity contribution is -0.134. The lowest BCUT2D eigenvalue weighted by atomic mass is 10.0. The van der Waals surface area contributed by atoms with Gasteiger partial charge in [0.2, 0.25) is 5.91 Å². The normalized spacial score (nSPS) is 15.9. The van der Waals surface area contributed by atoms with Crippen molar-refractivity contribution in [3.05, 3.63) is 93.3 Å². The number of hydrogen-bond donors (Lipinski definition) is 2. The van der Waals surface area contributed by atoms with Gasteiger partial charge in [0.1, 0.15) is 30.3 Å². The minimum absolute atomic E-state index is 0.0313. The van der Waals surface area contributed by atoms with E-state index in [1.165, 1.54) is 12.1 Å². The number of benzene rings is 3. The third-order valence-corrected chi connectivity index (χ3v) is 6.49. The van der Waals surface area contributed by atoms with Gasteiger partial charge < -0.3 is 20.1 Å². The molecule has 8 nitrogen and oxygen atoms in total. The topological polar surface area (TPSA) is 97.0 Å². The Hall–Kier alpha value is -3.51. The van der Waals surface area contributed by atoms with Gasteiger partial charge in [-0.25, -0.2) is 14.1 Å². The molecule has 37 heavy (non-hydrogen) atoms. The summed E-state index contributed by atoms with van der Waals surface area (Å²) in [5.41, 5.74) is 1.26. The van der Waals surface area contributed by atoms with Gasteiger partial charge in [0.05, 0.1) is 12.3 Å². The molecule has 1 aliphatic heterocycles. The van der Waals surface area contributed by atoms with Crippen LogP contribution in [0.2, 0.25) is 0 Å². The average molecular weight is 617 g/mol. The molecule has 4 amide bonds. The van der Waals surface area contributed by atoms with Gasteiger partial charge in [-0.3, -0.25) is 9.59 Å². The van der Waals surface area contributed by atoms with Crippen LogP contribution in [0, 0.1) is 9.39 Å². The van der Waals surface area contributed by atoms with Gasteiger partial charge in [0.15, 0.2) is 0 Å². The molecule has 2 N–H and O–H groups in total. The minimum Gasteiger partial charge on any atom is -0.491 e. The van der Waals surface area contributed by atoms with Gasteiger partial charge >= 0.3 is 6.03 Å². The Bertz CT molecular complexity index is 1270. The van der Waals surface area contributed by atoms with E-state index in [1.807, 2.05) is 28.7 Å². The number of rotatable bonds is 10. The summed E-state index contributed by atoms with van der Waals surface area (Å²) in [6.07, 6.45) is 0.0663. The number of amides is 4. The van der Waals surface area contributed by atoms with Crippen LogP contribution in [0.4, 0.5) is 14.9 Å². The molecule has 0 aliphatic carbocycles. The summed E-state index contributed by atoms with van der Waals surface area (Å²) in [4.78, 5) is 40.7. The highest BCUT2D eigenvalue weighted by Gasteiger charge is 2.45. The van der Waals surface area contributed by atoms with Crippen molar-refractivity contribution in [3.63, 3.8) is 0 Å². The van der Waals surface area contributed by atoms with Crippen molar-refractivity contribution in [2.75, 3.05) is 25.6 Å². The van der Waals surface area contributed by atoms with Crippen molar-refractivity contribution in [2.45, 2.75) is 18.5 Å². The van der Waals surface area contributed by atoms with E-state index in [-0.39, 0.29) is 12.1 Å². The number of carbonyl (C=O) groups excluding carboxylic acids is 3. The largest absolute Gasteiger partial charge is 0.491 e. The predicted molar refractivity (Wildman–Crippen MR) is 144 cm³/mol. The molecule has 0 aromatic heterocycles. The molecule has 1 aliphatic rings. The van der Waals surface area contributed by atoms with E-state index < -0.39 is 35.7 Å². The number of nitrogens with zero attached hydrogens (tertiary/aromatic N) is 1. The Labute approximate surface area is 227 Å². The summed E-state index contributed by atoms with van der Waals surface area (Å²) in [5, 5.41) is 5.21. The van der Waals surface area contributed by atoms with Crippen LogP contribution in [0.3, 0.4) is 0 Å². The first-order valence-corrected chi connectivity index (χ1v) is 12.6. The van der Waals surface area contributed by atoms with Crippen molar-refractivity contribution in [3.8, 4) is 5.75 Å². The van der Waals surface area contributed by atoms with E-state index in [0.717, 1.165) is 10.5 Å². The van der Waals surface area contributed by atoms with E-state index in [1.54, 1.807) is 61.7 Å². The molecule has 1 fully saturated rings. The molecule has 1 unspecified atom stereocenters. The van der Waals surface area contributed by atoms with Crippen LogP contribution in [0.5, 0.6) is 5.75 Å². The molecule has 192 valence electrons. The number of nitrogens with one attached hydrogen (secondary N) is 2. The van der Waals surface area contributed by atoms with Gasteiger partial charge in [-0.2, -0.15) is 0 Å². The van der Waals surface area contributed by atoms with E-state index >= 15 is 0 Å². The molecule has 1 heterocycles. The van der Waals surface area contributed by atoms with Gasteiger partial charge in [-0.05, 0) is 64.0 Å². The van der Waals surface area contributed by atoms with Crippen molar-refractivity contribution in [1.29, 1.82) is 0 Å². The summed E-state index contributed by atoms with van der Waals surface area (Å²) < 4.78 is 25.6. The molecule has 4 rings (SSSR count).